The van der Waals surface area contributed by atoms with E-state index in [1.807, 2.05) is 19.3 Å². The second-order valence-corrected chi connectivity index (χ2v) is 7.04. The molecule has 0 fully saturated rings. The molecule has 0 spiro atoms. The van der Waals surface area contributed by atoms with Gasteiger partial charge in [0.15, 0.2) is 6.10 Å². The summed E-state index contributed by atoms with van der Waals surface area (Å²) in [5.41, 5.74) is 3.19. The quantitative estimate of drug-likeness (QED) is 0.329. The summed E-state index contributed by atoms with van der Waals surface area (Å²) >= 11 is 0. The third-order valence-corrected chi connectivity index (χ3v) is 4.68. The molecule has 0 aliphatic heterocycles. The maximum absolute atomic E-state index is 12.4. The number of alkyl halides is 3. The fraction of sp³-hybridized carbons (Fsp3) is 0.286. The third-order valence-electron chi connectivity index (χ3n) is 4.68. The lowest BCUT2D eigenvalue weighted by atomic mass is 10.1. The number of pyridine rings is 1. The molecule has 0 saturated carbocycles. The molecule has 3 aromatic rings. The zero-order valence-corrected chi connectivity index (χ0v) is 16.8. The smallest absolute Gasteiger partial charge is 0.438 e. The SMILES string of the molecule is C/C(=N\OC1CCc2cc(OC(F)(F)F)ccc21)Oc1ccc(-c2cnn(C)c2)nc1. The van der Waals surface area contributed by atoms with E-state index in [1.165, 1.54) is 12.1 Å². The molecule has 31 heavy (non-hydrogen) atoms. The molecule has 162 valence electrons. The van der Waals surface area contributed by atoms with E-state index in [2.05, 4.69) is 20.0 Å². The van der Waals surface area contributed by atoms with Gasteiger partial charge in [0.05, 0.1) is 18.1 Å². The summed E-state index contributed by atoms with van der Waals surface area (Å²) < 4.78 is 48.4. The van der Waals surface area contributed by atoms with Gasteiger partial charge in [0.2, 0.25) is 5.90 Å². The minimum atomic E-state index is -4.72. The summed E-state index contributed by atoms with van der Waals surface area (Å²) in [5, 5.41) is 8.12. The van der Waals surface area contributed by atoms with Gasteiger partial charge in [-0.3, -0.25) is 9.67 Å². The number of oxime groups is 1. The predicted octanol–water partition coefficient (Wildman–Crippen LogP) is 4.80. The zero-order valence-electron chi connectivity index (χ0n) is 16.8. The first kappa shape index (κ1) is 20.7. The molecular weight excluding hydrogens is 413 g/mol. The first-order valence-electron chi connectivity index (χ1n) is 9.49. The van der Waals surface area contributed by atoms with Crippen LogP contribution in [0, 0.1) is 0 Å². The van der Waals surface area contributed by atoms with Crippen molar-refractivity contribution in [2.24, 2.45) is 12.2 Å². The van der Waals surface area contributed by atoms with E-state index < -0.39 is 6.36 Å². The molecule has 1 aliphatic rings. The molecule has 0 amide bonds. The first-order chi connectivity index (χ1) is 14.8. The van der Waals surface area contributed by atoms with Crippen LogP contribution in [0.5, 0.6) is 11.5 Å². The van der Waals surface area contributed by atoms with Gasteiger partial charge in [-0.15, -0.1) is 13.2 Å². The highest BCUT2D eigenvalue weighted by molar-refractivity contribution is 5.75. The zero-order chi connectivity index (χ0) is 22.0. The number of nitrogens with zero attached hydrogens (tertiary/aromatic N) is 4. The highest BCUT2D eigenvalue weighted by Gasteiger charge is 2.32. The molecular formula is C21H19F3N4O3. The fourth-order valence-corrected chi connectivity index (χ4v) is 3.35. The Balaban J connectivity index is 1.36. The Morgan fingerprint density at radius 1 is 1.16 bits per heavy atom. The number of aromatic nitrogens is 3. The van der Waals surface area contributed by atoms with Gasteiger partial charge in [0.1, 0.15) is 11.5 Å². The van der Waals surface area contributed by atoms with Crippen LogP contribution in [0.25, 0.3) is 11.3 Å². The fourth-order valence-electron chi connectivity index (χ4n) is 3.35. The van der Waals surface area contributed by atoms with Crippen LogP contribution < -0.4 is 9.47 Å². The highest BCUT2D eigenvalue weighted by atomic mass is 19.4. The van der Waals surface area contributed by atoms with Crippen molar-refractivity contribution in [3.8, 4) is 22.8 Å². The number of ether oxygens (including phenoxy) is 2. The van der Waals surface area contributed by atoms with Gasteiger partial charge in [0.25, 0.3) is 0 Å². The molecule has 2 heterocycles. The molecule has 1 aliphatic carbocycles. The Bertz CT molecular complexity index is 1090. The average Bonchev–Trinajstić information content (AvgIpc) is 3.31. The van der Waals surface area contributed by atoms with Gasteiger partial charge >= 0.3 is 6.36 Å². The topological polar surface area (TPSA) is 70.8 Å². The van der Waals surface area contributed by atoms with Crippen molar-refractivity contribution >= 4 is 5.90 Å². The lowest BCUT2D eigenvalue weighted by Crippen LogP contribution is -2.17. The van der Waals surface area contributed by atoms with Crippen LogP contribution in [0.3, 0.4) is 0 Å². The molecule has 0 N–H and O–H groups in total. The normalized spacial score (nSPS) is 16.2. The van der Waals surface area contributed by atoms with Gasteiger partial charge in [0, 0.05) is 25.7 Å². The summed E-state index contributed by atoms with van der Waals surface area (Å²) in [6.45, 7) is 1.64. The molecule has 1 atom stereocenters. The Labute approximate surface area is 176 Å². The van der Waals surface area contributed by atoms with Crippen molar-refractivity contribution in [1.82, 2.24) is 14.8 Å². The molecule has 7 nitrogen and oxygen atoms in total. The van der Waals surface area contributed by atoms with E-state index in [9.17, 15) is 13.2 Å². The van der Waals surface area contributed by atoms with Crippen LogP contribution in [0.4, 0.5) is 13.2 Å². The average molecular weight is 432 g/mol. The molecule has 2 aromatic heterocycles. The summed E-state index contributed by atoms with van der Waals surface area (Å²) in [6.07, 6.45) is 1.26. The lowest BCUT2D eigenvalue weighted by Gasteiger charge is -2.13. The monoisotopic (exact) mass is 432 g/mol. The van der Waals surface area contributed by atoms with Gasteiger partial charge in [-0.05, 0) is 48.2 Å². The summed E-state index contributed by atoms with van der Waals surface area (Å²) in [4.78, 5) is 9.92. The molecule has 0 saturated heterocycles. The molecule has 0 radical (unpaired) electrons. The van der Waals surface area contributed by atoms with Crippen LogP contribution in [-0.4, -0.2) is 27.0 Å². The van der Waals surface area contributed by atoms with Gasteiger partial charge < -0.3 is 14.3 Å². The molecule has 4 rings (SSSR count). The van der Waals surface area contributed by atoms with E-state index in [1.54, 1.807) is 36.1 Å². The molecule has 1 aromatic carbocycles. The minimum Gasteiger partial charge on any atom is -0.438 e. The molecule has 0 bridgehead atoms. The van der Waals surface area contributed by atoms with Crippen LogP contribution in [0.2, 0.25) is 0 Å². The number of benzene rings is 1. The van der Waals surface area contributed by atoms with E-state index >= 15 is 0 Å². The van der Waals surface area contributed by atoms with Gasteiger partial charge in [-0.2, -0.15) is 5.10 Å². The maximum Gasteiger partial charge on any atom is 0.573 e. The standard InChI is InChI=1S/C21H19F3N4O3/c1-13(29-17-5-7-19(25-11-17)15-10-26-28(2)12-15)27-31-20-8-3-14-9-16(4-6-18(14)20)30-21(22,23)24/h4-7,9-12,20H,3,8H2,1-2H3/b27-13+. The number of hydrogen-bond donors (Lipinski definition) is 0. The Kier molecular flexibility index (Phi) is 5.53. The Hall–Kier alpha value is -3.56. The van der Waals surface area contributed by atoms with Crippen molar-refractivity contribution < 1.29 is 27.5 Å². The van der Waals surface area contributed by atoms with Gasteiger partial charge in [-0.25, -0.2) is 0 Å². The van der Waals surface area contributed by atoms with Gasteiger partial charge in [-0.1, -0.05) is 11.2 Å². The first-order valence-corrected chi connectivity index (χ1v) is 9.49. The van der Waals surface area contributed by atoms with Crippen molar-refractivity contribution in [1.29, 1.82) is 0 Å². The van der Waals surface area contributed by atoms with Crippen LogP contribution >= 0.6 is 0 Å². The number of hydrogen-bond acceptors (Lipinski definition) is 6. The Morgan fingerprint density at radius 2 is 1.97 bits per heavy atom. The highest BCUT2D eigenvalue weighted by Crippen LogP contribution is 2.37. The van der Waals surface area contributed by atoms with E-state index in [-0.39, 0.29) is 17.8 Å². The van der Waals surface area contributed by atoms with E-state index in [0.29, 0.717) is 18.6 Å². The van der Waals surface area contributed by atoms with Crippen molar-refractivity contribution in [3.05, 3.63) is 60.0 Å². The molecule has 1 unspecified atom stereocenters. The summed E-state index contributed by atoms with van der Waals surface area (Å²) in [7, 11) is 1.83. The summed E-state index contributed by atoms with van der Waals surface area (Å²) in [5.74, 6) is 0.539. The molecule has 10 heteroatoms. The van der Waals surface area contributed by atoms with E-state index in [0.717, 1.165) is 22.4 Å². The second-order valence-electron chi connectivity index (χ2n) is 7.04. The lowest BCUT2D eigenvalue weighted by molar-refractivity contribution is -0.274. The van der Waals surface area contributed by atoms with Crippen molar-refractivity contribution in [2.45, 2.75) is 32.2 Å². The maximum atomic E-state index is 12.4. The van der Waals surface area contributed by atoms with Crippen LogP contribution in [-0.2, 0) is 18.3 Å². The van der Waals surface area contributed by atoms with Crippen molar-refractivity contribution in [3.63, 3.8) is 0 Å². The van der Waals surface area contributed by atoms with E-state index in [4.69, 9.17) is 9.57 Å². The van der Waals surface area contributed by atoms with Crippen molar-refractivity contribution in [2.75, 3.05) is 0 Å². The number of halogens is 3. The third kappa shape index (κ3) is 5.14. The number of aryl methyl sites for hydroxylation is 2. The number of fused-ring (bicyclic) bond motifs is 1. The Morgan fingerprint density at radius 3 is 2.65 bits per heavy atom. The predicted molar refractivity (Wildman–Crippen MR) is 105 cm³/mol. The number of rotatable bonds is 5. The van der Waals surface area contributed by atoms with Crippen LogP contribution in [0.15, 0.2) is 54.1 Å². The minimum absolute atomic E-state index is 0.239. The largest absolute Gasteiger partial charge is 0.573 e. The van der Waals surface area contributed by atoms with Crippen LogP contribution in [0.1, 0.15) is 30.6 Å². The summed E-state index contributed by atoms with van der Waals surface area (Å²) in [6, 6.07) is 7.81. The second kappa shape index (κ2) is 8.29.